The molecule has 0 saturated carbocycles. The van der Waals surface area contributed by atoms with Gasteiger partial charge in [0.15, 0.2) is 0 Å². The molecule has 5 nitrogen and oxygen atoms in total. The van der Waals surface area contributed by atoms with E-state index in [1.807, 2.05) is 12.1 Å². The van der Waals surface area contributed by atoms with Crippen LogP contribution in [0, 0.1) is 0 Å². The van der Waals surface area contributed by atoms with Crippen LogP contribution in [0.5, 0.6) is 0 Å². The summed E-state index contributed by atoms with van der Waals surface area (Å²) in [6.07, 6.45) is 3.27. The highest BCUT2D eigenvalue weighted by molar-refractivity contribution is 6.09. The molecule has 0 unspecified atom stereocenters. The van der Waals surface area contributed by atoms with E-state index in [0.29, 0.717) is 6.54 Å². The maximum absolute atomic E-state index is 12.4. The molecule has 2 heterocycles. The van der Waals surface area contributed by atoms with Crippen LogP contribution in [-0.4, -0.2) is 30.1 Å². The molecule has 0 saturated heterocycles. The zero-order valence-electron chi connectivity index (χ0n) is 11.9. The lowest BCUT2D eigenvalue weighted by Gasteiger charge is -2.28. The highest BCUT2D eigenvalue weighted by Gasteiger charge is 2.32. The van der Waals surface area contributed by atoms with Crippen LogP contribution in [0.15, 0.2) is 18.2 Å². The van der Waals surface area contributed by atoms with Crippen LogP contribution in [0.2, 0.25) is 0 Å². The molecule has 1 amide bonds. The lowest BCUT2D eigenvalue weighted by molar-refractivity contribution is -0.140. The fourth-order valence-corrected chi connectivity index (χ4v) is 3.62. The number of anilines is 1. The molecule has 4 rings (SSSR count). The molecule has 2 aromatic rings. The van der Waals surface area contributed by atoms with Gasteiger partial charge in [0, 0.05) is 11.1 Å². The second-order valence-corrected chi connectivity index (χ2v) is 5.59. The van der Waals surface area contributed by atoms with Crippen LogP contribution < -0.4 is 4.90 Å². The van der Waals surface area contributed by atoms with Gasteiger partial charge in [0.2, 0.25) is 5.91 Å². The number of aryl methyl sites for hydroxylation is 1. The molecule has 0 fully saturated rings. The summed E-state index contributed by atoms with van der Waals surface area (Å²) >= 11 is 0. The van der Waals surface area contributed by atoms with Gasteiger partial charge in [-0.25, -0.2) is 0 Å². The van der Waals surface area contributed by atoms with E-state index in [-0.39, 0.29) is 12.5 Å². The molecular weight excluding hydrogens is 268 g/mol. The van der Waals surface area contributed by atoms with Crippen LogP contribution >= 0.6 is 0 Å². The second-order valence-electron chi connectivity index (χ2n) is 5.59. The summed E-state index contributed by atoms with van der Waals surface area (Å²) in [5.74, 6) is -0.446. The number of esters is 1. The molecule has 0 radical (unpaired) electrons. The molecule has 1 aliphatic heterocycles. The zero-order valence-corrected chi connectivity index (χ0v) is 11.9. The van der Waals surface area contributed by atoms with Crippen molar-refractivity contribution in [2.45, 2.75) is 25.8 Å². The number of nitrogens with zero attached hydrogens (tertiary/aromatic N) is 2. The number of carbonyl (C=O) groups excluding carboxylic acids is 2. The van der Waals surface area contributed by atoms with E-state index in [9.17, 15) is 9.59 Å². The summed E-state index contributed by atoms with van der Waals surface area (Å²) in [6, 6.07) is 5.99. The first-order valence-corrected chi connectivity index (χ1v) is 7.21. The number of aromatic nitrogens is 1. The van der Waals surface area contributed by atoms with Gasteiger partial charge in [-0.3, -0.25) is 14.5 Å². The average molecular weight is 284 g/mol. The maximum atomic E-state index is 12.4. The predicted molar refractivity (Wildman–Crippen MR) is 78.3 cm³/mol. The Kier molecular flexibility index (Phi) is 2.58. The van der Waals surface area contributed by atoms with Crippen molar-refractivity contribution in [2.24, 2.45) is 0 Å². The number of hydrogen-bond donors (Lipinski definition) is 0. The van der Waals surface area contributed by atoms with Crippen molar-refractivity contribution in [2.75, 3.05) is 18.6 Å². The van der Waals surface area contributed by atoms with Gasteiger partial charge >= 0.3 is 5.97 Å². The fourth-order valence-electron chi connectivity index (χ4n) is 3.62. The number of hydrogen-bond acceptors (Lipinski definition) is 3. The Hall–Kier alpha value is -2.30. The van der Waals surface area contributed by atoms with Gasteiger partial charge in [0.05, 0.1) is 18.3 Å². The molecule has 0 atom stereocenters. The van der Waals surface area contributed by atoms with Crippen molar-refractivity contribution in [3.63, 3.8) is 0 Å². The zero-order chi connectivity index (χ0) is 14.6. The van der Waals surface area contributed by atoms with Gasteiger partial charge in [0.25, 0.3) is 0 Å². The van der Waals surface area contributed by atoms with Crippen LogP contribution in [0.3, 0.4) is 0 Å². The number of benzene rings is 1. The molecule has 0 spiro atoms. The number of fused-ring (bicyclic) bond motifs is 3. The minimum atomic E-state index is -0.395. The molecule has 21 heavy (non-hydrogen) atoms. The van der Waals surface area contributed by atoms with Gasteiger partial charge in [0.1, 0.15) is 13.1 Å². The van der Waals surface area contributed by atoms with Gasteiger partial charge in [-0.15, -0.1) is 0 Å². The van der Waals surface area contributed by atoms with E-state index in [1.54, 1.807) is 4.90 Å². The van der Waals surface area contributed by atoms with E-state index in [1.165, 1.54) is 23.8 Å². The highest BCUT2D eigenvalue weighted by Crippen LogP contribution is 2.40. The van der Waals surface area contributed by atoms with Crippen LogP contribution in [-0.2, 0) is 33.7 Å². The third kappa shape index (κ3) is 1.63. The smallest absolute Gasteiger partial charge is 0.325 e. The minimum absolute atomic E-state index is 0.0235. The first-order valence-electron chi connectivity index (χ1n) is 7.21. The third-order valence-corrected chi connectivity index (χ3v) is 4.52. The average Bonchev–Trinajstić information content (AvgIpc) is 3.07. The van der Waals surface area contributed by atoms with Gasteiger partial charge in [-0.1, -0.05) is 12.1 Å². The SMILES string of the molecule is COC(=O)CN1C(=O)Cn2c3c(c4cccc1c42)CCC3. The van der Waals surface area contributed by atoms with Crippen LogP contribution in [0.1, 0.15) is 17.7 Å². The number of rotatable bonds is 2. The second kappa shape index (κ2) is 4.35. The summed E-state index contributed by atoms with van der Waals surface area (Å²) < 4.78 is 6.85. The van der Waals surface area contributed by atoms with Crippen molar-refractivity contribution in [3.05, 3.63) is 29.5 Å². The van der Waals surface area contributed by atoms with Crippen LogP contribution in [0.4, 0.5) is 5.69 Å². The molecule has 1 aliphatic carbocycles. The largest absolute Gasteiger partial charge is 0.468 e. The van der Waals surface area contributed by atoms with E-state index >= 15 is 0 Å². The molecule has 2 aliphatic rings. The summed E-state index contributed by atoms with van der Waals surface area (Å²) in [4.78, 5) is 25.6. The summed E-state index contributed by atoms with van der Waals surface area (Å²) in [7, 11) is 1.34. The monoisotopic (exact) mass is 284 g/mol. The standard InChI is InChI=1S/C16H16N2O3/c1-21-15(20)9-17-13-7-3-5-11-10-4-2-6-12(10)18(16(11)13)8-14(17)19/h3,5,7H,2,4,6,8-9H2,1H3. The highest BCUT2D eigenvalue weighted by atomic mass is 16.5. The topological polar surface area (TPSA) is 51.5 Å². The number of methoxy groups -OCH3 is 1. The fraction of sp³-hybridized carbons (Fsp3) is 0.375. The van der Waals surface area contributed by atoms with Gasteiger partial charge < -0.3 is 9.30 Å². The molecule has 108 valence electrons. The number of para-hydroxylation sites is 1. The normalized spacial score (nSPS) is 16.4. The number of amides is 1. The van der Waals surface area contributed by atoms with Crippen LogP contribution in [0.25, 0.3) is 10.9 Å². The summed E-state index contributed by atoms with van der Waals surface area (Å²) in [6.45, 7) is 0.296. The maximum Gasteiger partial charge on any atom is 0.325 e. The van der Waals surface area contributed by atoms with E-state index < -0.39 is 5.97 Å². The first kappa shape index (κ1) is 12.4. The number of carbonyl (C=O) groups is 2. The molecular formula is C16H16N2O3. The Morgan fingerprint density at radius 3 is 3.00 bits per heavy atom. The Morgan fingerprint density at radius 2 is 2.19 bits per heavy atom. The molecule has 0 N–H and O–H groups in total. The Balaban J connectivity index is 1.93. The van der Waals surface area contributed by atoms with Crippen molar-refractivity contribution in [1.29, 1.82) is 0 Å². The predicted octanol–water partition coefficient (Wildman–Crippen LogP) is 1.65. The Labute approximate surface area is 122 Å². The Bertz CT molecular complexity index is 775. The van der Waals surface area contributed by atoms with E-state index in [4.69, 9.17) is 4.74 Å². The van der Waals surface area contributed by atoms with E-state index in [0.717, 1.165) is 30.5 Å². The summed E-state index contributed by atoms with van der Waals surface area (Å²) in [5, 5.41) is 1.22. The van der Waals surface area contributed by atoms with Crippen molar-refractivity contribution in [1.82, 2.24) is 4.57 Å². The first-order chi connectivity index (χ1) is 10.2. The van der Waals surface area contributed by atoms with E-state index in [2.05, 4.69) is 10.6 Å². The van der Waals surface area contributed by atoms with Crippen molar-refractivity contribution < 1.29 is 14.3 Å². The lowest BCUT2D eigenvalue weighted by atomic mass is 10.1. The summed E-state index contributed by atoms with van der Waals surface area (Å²) in [5.41, 5.74) is 4.58. The third-order valence-electron chi connectivity index (χ3n) is 4.52. The quantitative estimate of drug-likeness (QED) is 0.788. The van der Waals surface area contributed by atoms with Crippen molar-refractivity contribution >= 4 is 28.5 Å². The van der Waals surface area contributed by atoms with Gasteiger partial charge in [-0.05, 0) is 30.9 Å². The minimum Gasteiger partial charge on any atom is -0.468 e. The molecule has 1 aromatic heterocycles. The molecule has 1 aromatic carbocycles. The van der Waals surface area contributed by atoms with Crippen molar-refractivity contribution in [3.8, 4) is 0 Å². The molecule has 5 heteroatoms. The lowest BCUT2D eigenvalue weighted by Crippen LogP contribution is -2.41. The van der Waals surface area contributed by atoms with Gasteiger partial charge in [-0.2, -0.15) is 0 Å². The molecule has 0 bridgehead atoms. The Morgan fingerprint density at radius 1 is 1.33 bits per heavy atom. The number of ether oxygens (including phenoxy) is 1.